The predicted molar refractivity (Wildman–Crippen MR) is 118 cm³/mol. The SMILES string of the molecule is COC(=O)c1ccc(/C=N/NC(=O)COCC(=O)N/N=C/c2ccc(C(O)OC)cc2)cc1. The van der Waals surface area contributed by atoms with Gasteiger partial charge in [0.2, 0.25) is 0 Å². The lowest BCUT2D eigenvalue weighted by Crippen LogP contribution is -2.28. The van der Waals surface area contributed by atoms with Gasteiger partial charge < -0.3 is 19.3 Å². The number of nitrogens with one attached hydrogen (secondary N) is 2. The molecule has 0 spiro atoms. The first kappa shape index (κ1) is 25.3. The van der Waals surface area contributed by atoms with Gasteiger partial charge in [-0.15, -0.1) is 0 Å². The van der Waals surface area contributed by atoms with Crippen molar-refractivity contribution in [2.24, 2.45) is 10.2 Å². The first-order valence-electron chi connectivity index (χ1n) is 9.63. The van der Waals surface area contributed by atoms with Crippen LogP contribution in [0, 0.1) is 0 Å². The van der Waals surface area contributed by atoms with Gasteiger partial charge >= 0.3 is 5.97 Å². The predicted octanol–water partition coefficient (Wildman–Crippen LogP) is 0.728. The molecule has 0 heterocycles. The summed E-state index contributed by atoms with van der Waals surface area (Å²) >= 11 is 0. The summed E-state index contributed by atoms with van der Waals surface area (Å²) < 4.78 is 14.4. The fourth-order valence-corrected chi connectivity index (χ4v) is 2.36. The van der Waals surface area contributed by atoms with Crippen LogP contribution in [0.4, 0.5) is 0 Å². The van der Waals surface area contributed by atoms with Gasteiger partial charge in [-0.25, -0.2) is 15.6 Å². The van der Waals surface area contributed by atoms with Crippen LogP contribution in [0.2, 0.25) is 0 Å². The van der Waals surface area contributed by atoms with E-state index in [0.717, 1.165) is 0 Å². The van der Waals surface area contributed by atoms with Crippen molar-refractivity contribution in [3.63, 3.8) is 0 Å². The second-order valence-electron chi connectivity index (χ2n) is 6.45. The van der Waals surface area contributed by atoms with Crippen LogP contribution in [0.1, 0.15) is 33.3 Å². The number of ether oxygens (including phenoxy) is 3. The van der Waals surface area contributed by atoms with Gasteiger partial charge in [-0.3, -0.25) is 9.59 Å². The van der Waals surface area contributed by atoms with Crippen LogP contribution in [0.25, 0.3) is 0 Å². The molecule has 0 saturated carbocycles. The van der Waals surface area contributed by atoms with Gasteiger partial charge in [0.1, 0.15) is 13.2 Å². The van der Waals surface area contributed by atoms with Crippen LogP contribution in [0.5, 0.6) is 0 Å². The highest BCUT2D eigenvalue weighted by Gasteiger charge is 2.06. The van der Waals surface area contributed by atoms with Gasteiger partial charge in [-0.05, 0) is 23.3 Å². The van der Waals surface area contributed by atoms with E-state index in [1.807, 2.05) is 0 Å². The Bertz CT molecular complexity index is 989. The van der Waals surface area contributed by atoms with Crippen molar-refractivity contribution < 1.29 is 33.7 Å². The topological polar surface area (TPSA) is 148 Å². The summed E-state index contributed by atoms with van der Waals surface area (Å²) in [6.07, 6.45) is 1.80. The Balaban J connectivity index is 1.65. The summed E-state index contributed by atoms with van der Waals surface area (Å²) in [4.78, 5) is 34.8. The van der Waals surface area contributed by atoms with Gasteiger partial charge in [-0.2, -0.15) is 10.2 Å². The lowest BCUT2D eigenvalue weighted by Gasteiger charge is -2.08. The second kappa shape index (κ2) is 13.5. The third-order valence-corrected chi connectivity index (χ3v) is 4.05. The molecule has 1 atom stereocenters. The summed E-state index contributed by atoms with van der Waals surface area (Å²) in [7, 11) is 2.69. The number of carbonyl (C=O) groups is 3. The molecule has 2 rings (SSSR count). The lowest BCUT2D eigenvalue weighted by molar-refractivity contribution is -0.130. The summed E-state index contributed by atoms with van der Waals surface area (Å²) in [5.41, 5.74) is 6.87. The minimum atomic E-state index is -1.00. The zero-order valence-electron chi connectivity index (χ0n) is 18.1. The Morgan fingerprint density at radius 1 is 0.879 bits per heavy atom. The fraction of sp³-hybridized carbons (Fsp3) is 0.227. The molecule has 2 aromatic rings. The van der Waals surface area contributed by atoms with E-state index in [4.69, 9.17) is 9.47 Å². The summed E-state index contributed by atoms with van der Waals surface area (Å²) in [5, 5.41) is 17.1. The molecule has 3 N–H and O–H groups in total. The van der Waals surface area contributed by atoms with Crippen LogP contribution in [-0.4, -0.2) is 62.8 Å². The Morgan fingerprint density at radius 2 is 1.36 bits per heavy atom. The Kier molecular flexibility index (Phi) is 10.3. The standard InChI is InChI=1S/C22H24N4O7/c1-31-21(29)17-7-3-15(4-8-17)11-23-25-19(27)13-33-14-20(28)26-24-12-16-5-9-18(10-6-16)22(30)32-2/h3-12,21,29H,13-14H2,1-2H3,(H,25,27)(H,26,28)/b23-11+,24-12+. The third-order valence-electron chi connectivity index (χ3n) is 4.05. The van der Waals surface area contributed by atoms with Crippen molar-refractivity contribution in [2.45, 2.75) is 6.29 Å². The molecule has 33 heavy (non-hydrogen) atoms. The molecule has 0 aliphatic carbocycles. The molecule has 0 aliphatic rings. The van der Waals surface area contributed by atoms with Crippen LogP contribution in [0.3, 0.4) is 0 Å². The van der Waals surface area contributed by atoms with Gasteiger partial charge in [0.05, 0.1) is 25.1 Å². The number of nitrogens with zero attached hydrogens (tertiary/aromatic N) is 2. The van der Waals surface area contributed by atoms with Crippen molar-refractivity contribution >= 4 is 30.2 Å². The van der Waals surface area contributed by atoms with Crippen molar-refractivity contribution in [1.82, 2.24) is 10.9 Å². The molecule has 1 unspecified atom stereocenters. The van der Waals surface area contributed by atoms with E-state index in [-0.39, 0.29) is 13.2 Å². The van der Waals surface area contributed by atoms with Crippen LogP contribution in [-0.2, 0) is 23.8 Å². The maximum Gasteiger partial charge on any atom is 0.337 e. The number of hydrogen-bond acceptors (Lipinski definition) is 9. The molecule has 0 aromatic heterocycles. The second-order valence-corrected chi connectivity index (χ2v) is 6.45. The molecule has 2 amide bonds. The fourth-order valence-electron chi connectivity index (χ4n) is 2.36. The third kappa shape index (κ3) is 8.99. The highest BCUT2D eigenvalue weighted by molar-refractivity contribution is 5.91. The van der Waals surface area contributed by atoms with E-state index < -0.39 is 24.1 Å². The minimum absolute atomic E-state index is 0.373. The van der Waals surface area contributed by atoms with E-state index >= 15 is 0 Å². The normalized spacial score (nSPS) is 12.0. The number of methoxy groups -OCH3 is 2. The number of benzene rings is 2. The zero-order chi connectivity index (χ0) is 24.1. The average Bonchev–Trinajstić information content (AvgIpc) is 2.84. The van der Waals surface area contributed by atoms with Crippen molar-refractivity contribution in [3.8, 4) is 0 Å². The van der Waals surface area contributed by atoms with Crippen molar-refractivity contribution in [1.29, 1.82) is 0 Å². The molecule has 0 aliphatic heterocycles. The van der Waals surface area contributed by atoms with Crippen molar-refractivity contribution in [3.05, 3.63) is 70.8 Å². The molecule has 174 valence electrons. The molecule has 0 saturated heterocycles. The van der Waals surface area contributed by atoms with Gasteiger partial charge in [0.25, 0.3) is 11.8 Å². The molecule has 11 nitrogen and oxygen atoms in total. The number of hydrazone groups is 2. The first-order valence-corrected chi connectivity index (χ1v) is 9.63. The molecule has 0 radical (unpaired) electrons. The summed E-state index contributed by atoms with van der Waals surface area (Å²) in [5.74, 6) is -1.54. The van der Waals surface area contributed by atoms with Crippen LogP contribution in [0.15, 0.2) is 58.7 Å². The Labute approximate surface area is 190 Å². The number of aliphatic hydroxyl groups is 1. The monoisotopic (exact) mass is 456 g/mol. The molecular weight excluding hydrogens is 432 g/mol. The van der Waals surface area contributed by atoms with Crippen molar-refractivity contribution in [2.75, 3.05) is 27.4 Å². The highest BCUT2D eigenvalue weighted by Crippen LogP contribution is 2.13. The van der Waals surface area contributed by atoms with E-state index in [9.17, 15) is 19.5 Å². The molecular formula is C22H24N4O7. The molecule has 0 bridgehead atoms. The first-order chi connectivity index (χ1) is 15.9. The number of rotatable bonds is 11. The highest BCUT2D eigenvalue weighted by atomic mass is 16.6. The van der Waals surface area contributed by atoms with E-state index in [2.05, 4.69) is 25.8 Å². The van der Waals surface area contributed by atoms with E-state index in [1.165, 1.54) is 26.6 Å². The minimum Gasteiger partial charge on any atom is -0.465 e. The molecule has 0 fully saturated rings. The molecule has 2 aromatic carbocycles. The number of esters is 1. The zero-order valence-corrected chi connectivity index (χ0v) is 18.1. The number of amides is 2. The number of carbonyl (C=O) groups excluding carboxylic acids is 3. The van der Waals surface area contributed by atoms with Gasteiger partial charge in [-0.1, -0.05) is 36.4 Å². The summed E-state index contributed by atoms with van der Waals surface area (Å²) in [6, 6.07) is 13.1. The van der Waals surface area contributed by atoms with Crippen LogP contribution >= 0.6 is 0 Å². The quantitative estimate of drug-likeness (QED) is 0.195. The lowest BCUT2D eigenvalue weighted by atomic mass is 10.1. The summed E-state index contributed by atoms with van der Waals surface area (Å²) in [6.45, 7) is -0.749. The maximum atomic E-state index is 11.7. The molecule has 11 heteroatoms. The maximum absolute atomic E-state index is 11.7. The smallest absolute Gasteiger partial charge is 0.337 e. The van der Waals surface area contributed by atoms with E-state index in [0.29, 0.717) is 22.3 Å². The number of aliphatic hydroxyl groups excluding tert-OH is 1. The van der Waals surface area contributed by atoms with Gasteiger partial charge in [0.15, 0.2) is 6.29 Å². The van der Waals surface area contributed by atoms with Gasteiger partial charge in [0, 0.05) is 12.7 Å². The Hall–Kier alpha value is -3.93. The van der Waals surface area contributed by atoms with E-state index in [1.54, 1.807) is 48.5 Å². The van der Waals surface area contributed by atoms with Crippen LogP contribution < -0.4 is 10.9 Å². The average molecular weight is 456 g/mol. The number of hydrogen-bond donors (Lipinski definition) is 3. The Morgan fingerprint density at radius 3 is 1.82 bits per heavy atom. The largest absolute Gasteiger partial charge is 0.465 e.